The number of hydrogen-bond donors (Lipinski definition) is 1. The quantitative estimate of drug-likeness (QED) is 0.897. The number of halogens is 3. The van der Waals surface area contributed by atoms with Gasteiger partial charge in [-0.2, -0.15) is 13.2 Å². The number of carboxylic acid groups (broad SMARTS) is 1. The molecule has 0 saturated carbocycles. The van der Waals surface area contributed by atoms with E-state index in [2.05, 4.69) is 5.16 Å². The van der Waals surface area contributed by atoms with Gasteiger partial charge in [0.1, 0.15) is 5.56 Å². The van der Waals surface area contributed by atoms with E-state index in [9.17, 15) is 18.0 Å². The van der Waals surface area contributed by atoms with Crippen LogP contribution in [0.4, 0.5) is 13.2 Å². The smallest absolute Gasteiger partial charge is 0.416 e. The van der Waals surface area contributed by atoms with Gasteiger partial charge >= 0.3 is 12.1 Å². The van der Waals surface area contributed by atoms with E-state index in [0.29, 0.717) is 0 Å². The first kappa shape index (κ1) is 12.2. The normalized spacial score (nSPS) is 11.5. The van der Waals surface area contributed by atoms with Crippen LogP contribution < -0.4 is 0 Å². The van der Waals surface area contributed by atoms with Crippen LogP contribution in [0.3, 0.4) is 0 Å². The number of alkyl halides is 3. The molecule has 1 N–H and O–H groups in total. The number of aromatic carboxylic acids is 1. The van der Waals surface area contributed by atoms with Crippen molar-refractivity contribution in [2.45, 2.75) is 6.18 Å². The predicted molar refractivity (Wildman–Crippen MR) is 53.9 cm³/mol. The molecular formula is C11H6F3NO3. The van der Waals surface area contributed by atoms with Crippen molar-refractivity contribution in [2.75, 3.05) is 0 Å². The van der Waals surface area contributed by atoms with Crippen molar-refractivity contribution >= 4 is 5.97 Å². The SMILES string of the molecule is O=C(O)c1cnoc1-c1ccc(C(F)(F)F)cc1. The average Bonchev–Trinajstić information content (AvgIpc) is 2.77. The maximum absolute atomic E-state index is 12.3. The number of nitrogens with zero attached hydrogens (tertiary/aromatic N) is 1. The van der Waals surface area contributed by atoms with Gasteiger partial charge in [0.05, 0.1) is 11.8 Å². The maximum atomic E-state index is 12.3. The van der Waals surface area contributed by atoms with Crippen molar-refractivity contribution in [1.29, 1.82) is 0 Å². The van der Waals surface area contributed by atoms with Crippen molar-refractivity contribution < 1.29 is 27.6 Å². The second-order valence-electron chi connectivity index (χ2n) is 3.45. The number of carbonyl (C=O) groups is 1. The van der Waals surface area contributed by atoms with E-state index < -0.39 is 17.7 Å². The Hall–Kier alpha value is -2.31. The Morgan fingerprint density at radius 3 is 2.33 bits per heavy atom. The highest BCUT2D eigenvalue weighted by Gasteiger charge is 2.30. The summed E-state index contributed by atoms with van der Waals surface area (Å²) in [6, 6.07) is 3.97. The molecule has 0 aliphatic heterocycles. The molecule has 0 radical (unpaired) electrons. The van der Waals surface area contributed by atoms with Crippen molar-refractivity contribution in [3.8, 4) is 11.3 Å². The van der Waals surface area contributed by atoms with E-state index in [0.717, 1.165) is 30.5 Å². The van der Waals surface area contributed by atoms with Gasteiger partial charge in [0.25, 0.3) is 0 Å². The third-order valence-corrected chi connectivity index (χ3v) is 2.28. The van der Waals surface area contributed by atoms with Gasteiger partial charge in [-0.15, -0.1) is 0 Å². The molecule has 2 aromatic rings. The van der Waals surface area contributed by atoms with E-state index in [-0.39, 0.29) is 16.9 Å². The summed E-state index contributed by atoms with van der Waals surface area (Å²) in [5, 5.41) is 12.1. The largest absolute Gasteiger partial charge is 0.477 e. The zero-order valence-electron chi connectivity index (χ0n) is 8.73. The van der Waals surface area contributed by atoms with Crippen molar-refractivity contribution in [3.05, 3.63) is 41.6 Å². The molecule has 0 aliphatic carbocycles. The summed E-state index contributed by atoms with van der Waals surface area (Å²) in [6.07, 6.45) is -3.44. The van der Waals surface area contributed by atoms with Crippen LogP contribution >= 0.6 is 0 Å². The Kier molecular flexibility index (Phi) is 2.82. The van der Waals surface area contributed by atoms with E-state index in [1.807, 2.05) is 0 Å². The van der Waals surface area contributed by atoms with Crippen LogP contribution in [0.15, 0.2) is 35.0 Å². The van der Waals surface area contributed by atoms with Gasteiger partial charge in [0.15, 0.2) is 5.76 Å². The molecule has 0 spiro atoms. The van der Waals surface area contributed by atoms with Gasteiger partial charge in [0, 0.05) is 5.56 Å². The number of rotatable bonds is 2. The lowest BCUT2D eigenvalue weighted by molar-refractivity contribution is -0.137. The Balaban J connectivity index is 2.41. The van der Waals surface area contributed by atoms with Gasteiger partial charge < -0.3 is 9.63 Å². The summed E-state index contributed by atoms with van der Waals surface area (Å²) >= 11 is 0. The molecule has 0 fully saturated rings. The van der Waals surface area contributed by atoms with Crippen LogP contribution in [0.5, 0.6) is 0 Å². The van der Waals surface area contributed by atoms with Crippen LogP contribution in [0, 0.1) is 0 Å². The molecule has 1 aromatic heterocycles. The first-order valence-corrected chi connectivity index (χ1v) is 4.75. The van der Waals surface area contributed by atoms with Crippen molar-refractivity contribution in [1.82, 2.24) is 5.16 Å². The number of aromatic nitrogens is 1. The van der Waals surface area contributed by atoms with E-state index in [1.54, 1.807) is 0 Å². The lowest BCUT2D eigenvalue weighted by Gasteiger charge is -2.06. The molecule has 2 rings (SSSR count). The zero-order chi connectivity index (χ0) is 13.3. The minimum Gasteiger partial charge on any atom is -0.477 e. The Bertz CT molecular complexity index is 572. The molecule has 4 nitrogen and oxygen atoms in total. The van der Waals surface area contributed by atoms with Gasteiger partial charge in [-0.3, -0.25) is 0 Å². The predicted octanol–water partition coefficient (Wildman–Crippen LogP) is 3.06. The van der Waals surface area contributed by atoms with Crippen LogP contribution in [0.1, 0.15) is 15.9 Å². The summed E-state index contributed by atoms with van der Waals surface area (Å²) in [6.45, 7) is 0. The molecular weight excluding hydrogens is 251 g/mol. The molecule has 7 heteroatoms. The molecule has 1 aromatic carbocycles. The fraction of sp³-hybridized carbons (Fsp3) is 0.0909. The molecule has 0 atom stereocenters. The summed E-state index contributed by atoms with van der Waals surface area (Å²) < 4.78 is 41.7. The highest BCUT2D eigenvalue weighted by atomic mass is 19.4. The molecule has 1 heterocycles. The van der Waals surface area contributed by atoms with E-state index in [4.69, 9.17) is 9.63 Å². The van der Waals surface area contributed by atoms with Gasteiger partial charge in [-0.1, -0.05) is 17.3 Å². The Labute approximate surface area is 98.6 Å². The first-order valence-electron chi connectivity index (χ1n) is 4.75. The summed E-state index contributed by atoms with van der Waals surface area (Å²) in [4.78, 5) is 10.8. The number of hydrogen-bond acceptors (Lipinski definition) is 3. The molecule has 0 aliphatic rings. The Morgan fingerprint density at radius 2 is 1.83 bits per heavy atom. The van der Waals surface area contributed by atoms with Crippen LogP contribution in [-0.2, 0) is 6.18 Å². The summed E-state index contributed by atoms with van der Waals surface area (Å²) in [5.41, 5.74) is -0.796. The fourth-order valence-electron chi connectivity index (χ4n) is 1.41. The minimum atomic E-state index is -4.43. The first-order chi connectivity index (χ1) is 8.39. The van der Waals surface area contributed by atoms with E-state index >= 15 is 0 Å². The number of benzene rings is 1. The zero-order valence-corrected chi connectivity index (χ0v) is 8.73. The highest BCUT2D eigenvalue weighted by molar-refractivity contribution is 5.93. The standard InChI is InChI=1S/C11H6F3NO3/c12-11(13,14)7-3-1-6(2-4-7)9-8(10(16)17)5-15-18-9/h1-5H,(H,16,17). The fourth-order valence-corrected chi connectivity index (χ4v) is 1.41. The van der Waals surface area contributed by atoms with Gasteiger partial charge in [-0.25, -0.2) is 4.79 Å². The van der Waals surface area contributed by atoms with Crippen LogP contribution in [0.25, 0.3) is 11.3 Å². The molecule has 0 unspecified atom stereocenters. The second kappa shape index (κ2) is 4.17. The third-order valence-electron chi connectivity index (χ3n) is 2.28. The van der Waals surface area contributed by atoms with Crippen LogP contribution in [-0.4, -0.2) is 16.2 Å². The summed E-state index contributed by atoms with van der Waals surface area (Å²) in [5.74, 6) is -1.33. The molecule has 0 bridgehead atoms. The molecule has 0 amide bonds. The summed E-state index contributed by atoms with van der Waals surface area (Å²) in [7, 11) is 0. The van der Waals surface area contributed by atoms with Crippen LogP contribution in [0.2, 0.25) is 0 Å². The molecule has 0 saturated heterocycles. The van der Waals surface area contributed by atoms with Gasteiger partial charge in [0.2, 0.25) is 0 Å². The van der Waals surface area contributed by atoms with Crippen molar-refractivity contribution in [2.24, 2.45) is 0 Å². The topological polar surface area (TPSA) is 63.3 Å². The monoisotopic (exact) mass is 257 g/mol. The Morgan fingerprint density at radius 1 is 1.22 bits per heavy atom. The van der Waals surface area contributed by atoms with E-state index in [1.165, 1.54) is 0 Å². The highest BCUT2D eigenvalue weighted by Crippen LogP contribution is 2.31. The molecule has 94 valence electrons. The third kappa shape index (κ3) is 2.20. The van der Waals surface area contributed by atoms with Crippen molar-refractivity contribution in [3.63, 3.8) is 0 Å². The lowest BCUT2D eigenvalue weighted by atomic mass is 10.1. The van der Waals surface area contributed by atoms with Gasteiger partial charge in [-0.05, 0) is 12.1 Å². The second-order valence-corrected chi connectivity index (χ2v) is 3.45. The lowest BCUT2D eigenvalue weighted by Crippen LogP contribution is -2.04. The molecule has 18 heavy (non-hydrogen) atoms. The number of carboxylic acids is 1. The average molecular weight is 257 g/mol. The minimum absolute atomic E-state index is 0.0729. The maximum Gasteiger partial charge on any atom is 0.416 e.